The second-order valence-corrected chi connectivity index (χ2v) is 12.7. The van der Waals surface area contributed by atoms with Gasteiger partial charge >= 0.3 is 5.97 Å². The van der Waals surface area contributed by atoms with Crippen molar-refractivity contribution in [2.24, 2.45) is 0 Å². The van der Waals surface area contributed by atoms with Crippen LogP contribution in [0.3, 0.4) is 0 Å². The minimum Gasteiger partial charge on any atom is -0.480 e. The van der Waals surface area contributed by atoms with E-state index in [1.54, 1.807) is 12.1 Å². The van der Waals surface area contributed by atoms with Crippen LogP contribution in [0.4, 0.5) is 0 Å². The van der Waals surface area contributed by atoms with Crippen molar-refractivity contribution in [1.29, 1.82) is 0 Å². The molecule has 8 heteroatoms. The van der Waals surface area contributed by atoms with Gasteiger partial charge in [0.15, 0.2) is 0 Å². The van der Waals surface area contributed by atoms with E-state index in [1.807, 2.05) is 79.7 Å². The van der Waals surface area contributed by atoms with E-state index in [0.717, 1.165) is 27.8 Å². The molecule has 5 rings (SSSR count). The third-order valence-electron chi connectivity index (χ3n) is 7.18. The summed E-state index contributed by atoms with van der Waals surface area (Å²) >= 11 is 1.48. The standard InChI is InChI=1S/C36H35N3O4S/c1-5-44-34-29-22-28(43-27-17-15-26(16-18-27)36(2,3)4)19-20-30(29)37-32(39-34)33(40)38-31(35(41)42)21-23-11-13-25(14-12-23)24-9-7-6-8-10-24/h6-20,22,31H,5,21H2,1-4H3,(H,38,40)(H,41,42). The van der Waals surface area contributed by atoms with Gasteiger partial charge in [-0.1, -0.05) is 94.4 Å². The number of benzene rings is 4. The van der Waals surface area contributed by atoms with E-state index < -0.39 is 17.9 Å². The number of aromatic nitrogens is 2. The average molecular weight is 606 g/mol. The zero-order chi connectivity index (χ0) is 31.3. The second kappa shape index (κ2) is 13.3. The van der Waals surface area contributed by atoms with Crippen LogP contribution in [0.15, 0.2) is 102 Å². The fourth-order valence-electron chi connectivity index (χ4n) is 4.77. The maximum absolute atomic E-state index is 13.3. The Morgan fingerprint density at radius 3 is 2.16 bits per heavy atom. The summed E-state index contributed by atoms with van der Waals surface area (Å²) in [6, 6.07) is 29.9. The Bertz CT molecular complexity index is 1770. The summed E-state index contributed by atoms with van der Waals surface area (Å²) in [6.07, 6.45) is 0.123. The number of carboxylic acid groups (broad SMARTS) is 1. The third kappa shape index (κ3) is 7.44. The fourth-order valence-corrected chi connectivity index (χ4v) is 5.52. The van der Waals surface area contributed by atoms with Gasteiger partial charge in [0, 0.05) is 11.8 Å². The number of ether oxygens (including phenoxy) is 1. The average Bonchev–Trinajstić information content (AvgIpc) is 3.01. The van der Waals surface area contributed by atoms with E-state index in [1.165, 1.54) is 17.3 Å². The number of carbonyl (C=O) groups excluding carboxylic acids is 1. The maximum Gasteiger partial charge on any atom is 0.326 e. The molecule has 224 valence electrons. The van der Waals surface area contributed by atoms with Crippen LogP contribution in [0.5, 0.6) is 11.5 Å². The highest BCUT2D eigenvalue weighted by Gasteiger charge is 2.24. The first-order valence-electron chi connectivity index (χ1n) is 14.5. The highest BCUT2D eigenvalue weighted by molar-refractivity contribution is 7.99. The number of rotatable bonds is 10. The normalized spacial score (nSPS) is 12.1. The lowest BCUT2D eigenvalue weighted by Crippen LogP contribution is -2.43. The first-order valence-corrected chi connectivity index (χ1v) is 15.5. The topological polar surface area (TPSA) is 101 Å². The number of carbonyl (C=O) groups is 2. The Kier molecular flexibility index (Phi) is 9.30. The Morgan fingerprint density at radius 2 is 1.52 bits per heavy atom. The molecule has 0 saturated carbocycles. The molecule has 1 aromatic heterocycles. The summed E-state index contributed by atoms with van der Waals surface area (Å²) in [7, 11) is 0. The fraction of sp³-hybridized carbons (Fsp3) is 0.222. The zero-order valence-electron chi connectivity index (χ0n) is 25.2. The van der Waals surface area contributed by atoms with Crippen LogP contribution in [0.1, 0.15) is 49.4 Å². The lowest BCUT2D eigenvalue weighted by molar-refractivity contribution is -0.139. The van der Waals surface area contributed by atoms with Crippen LogP contribution in [0.25, 0.3) is 22.0 Å². The predicted octanol–water partition coefficient (Wildman–Crippen LogP) is 7.92. The molecule has 0 radical (unpaired) electrons. The molecular formula is C36H35N3O4S. The van der Waals surface area contributed by atoms with Crippen molar-refractivity contribution in [3.8, 4) is 22.6 Å². The molecule has 44 heavy (non-hydrogen) atoms. The molecule has 1 amide bonds. The van der Waals surface area contributed by atoms with Gasteiger partial charge in [-0.25, -0.2) is 14.8 Å². The van der Waals surface area contributed by atoms with Crippen molar-refractivity contribution in [3.05, 3.63) is 114 Å². The first-order chi connectivity index (χ1) is 21.1. The van der Waals surface area contributed by atoms with E-state index in [-0.39, 0.29) is 17.7 Å². The molecule has 1 atom stereocenters. The molecule has 0 aliphatic carbocycles. The van der Waals surface area contributed by atoms with Crippen molar-refractivity contribution >= 4 is 34.5 Å². The Hall–Kier alpha value is -4.69. The van der Waals surface area contributed by atoms with Crippen molar-refractivity contribution in [2.75, 3.05) is 5.75 Å². The number of nitrogens with one attached hydrogen (secondary N) is 1. The summed E-state index contributed by atoms with van der Waals surface area (Å²) in [5.74, 6) is 0.218. The largest absolute Gasteiger partial charge is 0.480 e. The number of aliphatic carboxylic acids is 1. The number of hydrogen-bond acceptors (Lipinski definition) is 6. The molecule has 2 N–H and O–H groups in total. The van der Waals surface area contributed by atoms with Crippen LogP contribution >= 0.6 is 11.8 Å². The minimum atomic E-state index is -1.15. The summed E-state index contributed by atoms with van der Waals surface area (Å²) in [6.45, 7) is 8.50. The van der Waals surface area contributed by atoms with Crippen LogP contribution in [-0.4, -0.2) is 38.7 Å². The number of nitrogens with zero attached hydrogens (tertiary/aromatic N) is 2. The molecule has 1 heterocycles. The van der Waals surface area contributed by atoms with Crippen molar-refractivity contribution in [1.82, 2.24) is 15.3 Å². The number of amides is 1. The summed E-state index contributed by atoms with van der Waals surface area (Å²) in [4.78, 5) is 34.4. The van der Waals surface area contributed by atoms with E-state index in [2.05, 4.69) is 48.2 Å². The van der Waals surface area contributed by atoms with Crippen LogP contribution in [-0.2, 0) is 16.6 Å². The second-order valence-electron chi connectivity index (χ2n) is 11.5. The third-order valence-corrected chi connectivity index (χ3v) is 8.05. The summed E-state index contributed by atoms with van der Waals surface area (Å²) in [5, 5.41) is 13.9. The molecule has 5 aromatic rings. The maximum atomic E-state index is 13.3. The molecule has 1 unspecified atom stereocenters. The van der Waals surface area contributed by atoms with Gasteiger partial charge < -0.3 is 15.2 Å². The molecule has 0 bridgehead atoms. The lowest BCUT2D eigenvalue weighted by atomic mass is 9.87. The van der Waals surface area contributed by atoms with Gasteiger partial charge in [0.05, 0.1) is 5.52 Å². The van der Waals surface area contributed by atoms with Gasteiger partial charge in [-0.15, -0.1) is 11.8 Å². The monoisotopic (exact) mass is 605 g/mol. The highest BCUT2D eigenvalue weighted by Crippen LogP contribution is 2.32. The minimum absolute atomic E-state index is 0.0493. The van der Waals surface area contributed by atoms with Crippen LogP contribution in [0, 0.1) is 0 Å². The number of hydrogen-bond donors (Lipinski definition) is 2. The number of fused-ring (bicyclic) bond motifs is 1. The molecule has 0 spiro atoms. The molecular weight excluding hydrogens is 570 g/mol. The number of thioether (sulfide) groups is 1. The number of carboxylic acids is 1. The van der Waals surface area contributed by atoms with Crippen LogP contribution < -0.4 is 10.1 Å². The molecule has 0 saturated heterocycles. The van der Waals surface area contributed by atoms with Crippen LogP contribution in [0.2, 0.25) is 0 Å². The molecule has 0 aliphatic heterocycles. The zero-order valence-corrected chi connectivity index (χ0v) is 26.0. The van der Waals surface area contributed by atoms with E-state index in [9.17, 15) is 14.7 Å². The van der Waals surface area contributed by atoms with E-state index >= 15 is 0 Å². The van der Waals surface area contributed by atoms with Gasteiger partial charge in [-0.3, -0.25) is 4.79 Å². The first kappa shape index (κ1) is 30.8. The Balaban J connectivity index is 1.33. The summed E-state index contributed by atoms with van der Waals surface area (Å²) < 4.78 is 6.12. The van der Waals surface area contributed by atoms with E-state index in [4.69, 9.17) is 4.74 Å². The van der Waals surface area contributed by atoms with Gasteiger partial charge in [0.2, 0.25) is 5.82 Å². The Labute approximate surface area is 261 Å². The van der Waals surface area contributed by atoms with Gasteiger partial charge in [0.25, 0.3) is 5.91 Å². The lowest BCUT2D eigenvalue weighted by Gasteiger charge is -2.19. The SMILES string of the molecule is CCSc1nc(C(=O)NC(Cc2ccc(-c3ccccc3)cc2)C(=O)O)nc2ccc(Oc3ccc(C(C)(C)C)cc3)cc12. The predicted molar refractivity (Wildman–Crippen MR) is 176 cm³/mol. The molecule has 4 aromatic carbocycles. The molecule has 0 fully saturated rings. The van der Waals surface area contributed by atoms with Gasteiger partial charge in [-0.2, -0.15) is 0 Å². The molecule has 0 aliphatic rings. The highest BCUT2D eigenvalue weighted by atomic mass is 32.2. The summed E-state index contributed by atoms with van der Waals surface area (Å²) in [5.41, 5.74) is 4.73. The van der Waals surface area contributed by atoms with Gasteiger partial charge in [0.1, 0.15) is 22.6 Å². The van der Waals surface area contributed by atoms with Crippen molar-refractivity contribution < 1.29 is 19.4 Å². The van der Waals surface area contributed by atoms with E-state index in [0.29, 0.717) is 22.0 Å². The van der Waals surface area contributed by atoms with Crippen molar-refractivity contribution in [3.63, 3.8) is 0 Å². The van der Waals surface area contributed by atoms with Gasteiger partial charge in [-0.05, 0) is 63.8 Å². The Morgan fingerprint density at radius 1 is 0.864 bits per heavy atom. The quantitative estimate of drug-likeness (QED) is 0.123. The molecule has 7 nitrogen and oxygen atoms in total. The van der Waals surface area contributed by atoms with Crippen molar-refractivity contribution in [2.45, 2.75) is 50.6 Å². The smallest absolute Gasteiger partial charge is 0.326 e.